The van der Waals surface area contributed by atoms with Crippen LogP contribution in [0.3, 0.4) is 0 Å². The van der Waals surface area contributed by atoms with Gasteiger partial charge in [0.1, 0.15) is 0 Å². The fourth-order valence-electron chi connectivity index (χ4n) is 2.24. The zero-order valence-electron chi connectivity index (χ0n) is 11.8. The third-order valence-corrected chi connectivity index (χ3v) is 4.01. The maximum Gasteiger partial charge on any atom is 0.0472 e. The van der Waals surface area contributed by atoms with E-state index in [1.807, 2.05) is 0 Å². The van der Waals surface area contributed by atoms with Crippen LogP contribution in [0.2, 0.25) is 0 Å². The minimum atomic E-state index is 0.324. The second-order valence-electron chi connectivity index (χ2n) is 4.96. The summed E-state index contributed by atoms with van der Waals surface area (Å²) in [5, 5.41) is 0. The van der Waals surface area contributed by atoms with Gasteiger partial charge < -0.3 is 5.73 Å². The van der Waals surface area contributed by atoms with Gasteiger partial charge in [-0.1, -0.05) is 25.1 Å². The van der Waals surface area contributed by atoms with Gasteiger partial charge in [-0.05, 0) is 50.9 Å². The molecule has 2 heteroatoms. The summed E-state index contributed by atoms with van der Waals surface area (Å²) in [5.74, 6) is 0. The Bertz CT molecular complexity index is 360. The molecule has 0 bridgehead atoms. The highest BCUT2D eigenvalue weighted by Gasteiger charge is 2.20. The smallest absolute Gasteiger partial charge is 0.0472 e. The maximum atomic E-state index is 5.98. The van der Waals surface area contributed by atoms with Crippen molar-refractivity contribution in [1.82, 2.24) is 4.90 Å². The van der Waals surface area contributed by atoms with E-state index in [1.54, 1.807) is 0 Å². The van der Waals surface area contributed by atoms with Crippen LogP contribution in [0.1, 0.15) is 43.0 Å². The Kier molecular flexibility index (Phi) is 5.16. The average Bonchev–Trinajstić information content (AvgIpc) is 2.34. The molecule has 0 saturated heterocycles. The van der Waals surface area contributed by atoms with Gasteiger partial charge in [0, 0.05) is 18.6 Å². The average molecular weight is 234 g/mol. The topological polar surface area (TPSA) is 29.3 Å². The molecular weight excluding hydrogens is 208 g/mol. The lowest BCUT2D eigenvalue weighted by atomic mass is 9.95. The first kappa shape index (κ1) is 14.2. The molecule has 17 heavy (non-hydrogen) atoms. The number of rotatable bonds is 5. The fraction of sp³-hybridized carbons (Fsp3) is 0.600. The van der Waals surface area contributed by atoms with Gasteiger partial charge in [0.15, 0.2) is 0 Å². The molecule has 96 valence electrons. The van der Waals surface area contributed by atoms with Gasteiger partial charge in [0.25, 0.3) is 0 Å². The van der Waals surface area contributed by atoms with E-state index in [1.165, 1.54) is 16.7 Å². The molecule has 0 radical (unpaired) electrons. The van der Waals surface area contributed by atoms with Crippen LogP contribution in [0, 0.1) is 13.8 Å². The van der Waals surface area contributed by atoms with Crippen molar-refractivity contribution >= 4 is 0 Å². The van der Waals surface area contributed by atoms with Crippen molar-refractivity contribution in [3.8, 4) is 0 Å². The van der Waals surface area contributed by atoms with Gasteiger partial charge >= 0.3 is 0 Å². The molecule has 0 heterocycles. The number of hydrogen-bond acceptors (Lipinski definition) is 2. The van der Waals surface area contributed by atoms with Crippen molar-refractivity contribution in [3.05, 3.63) is 34.9 Å². The standard InChI is InChI=1S/C15H26N2/c1-6-12(3)17(5)15(10-16)14-9-7-8-11(2)13(14)4/h7-9,12,15H,6,10,16H2,1-5H3. The molecule has 2 unspecified atom stereocenters. The van der Waals surface area contributed by atoms with E-state index in [4.69, 9.17) is 5.73 Å². The Labute approximate surface area is 106 Å². The van der Waals surface area contributed by atoms with Crippen LogP contribution in [-0.4, -0.2) is 24.5 Å². The summed E-state index contributed by atoms with van der Waals surface area (Å²) in [4.78, 5) is 2.39. The van der Waals surface area contributed by atoms with E-state index in [9.17, 15) is 0 Å². The van der Waals surface area contributed by atoms with Crippen LogP contribution >= 0.6 is 0 Å². The van der Waals surface area contributed by atoms with Gasteiger partial charge in [-0.25, -0.2) is 0 Å². The molecule has 0 amide bonds. The molecule has 0 spiro atoms. The molecule has 0 aliphatic heterocycles. The second kappa shape index (κ2) is 6.18. The summed E-state index contributed by atoms with van der Waals surface area (Å²) in [6.45, 7) is 9.50. The van der Waals surface area contributed by atoms with E-state index >= 15 is 0 Å². The zero-order valence-corrected chi connectivity index (χ0v) is 11.8. The number of benzene rings is 1. The fourth-order valence-corrected chi connectivity index (χ4v) is 2.24. The highest BCUT2D eigenvalue weighted by Crippen LogP contribution is 2.25. The van der Waals surface area contributed by atoms with Crippen molar-refractivity contribution in [3.63, 3.8) is 0 Å². The maximum absolute atomic E-state index is 5.98. The highest BCUT2D eigenvalue weighted by molar-refractivity contribution is 5.35. The first-order chi connectivity index (χ1) is 8.02. The lowest BCUT2D eigenvalue weighted by Gasteiger charge is -2.33. The van der Waals surface area contributed by atoms with Crippen molar-refractivity contribution in [2.45, 2.75) is 46.2 Å². The van der Waals surface area contributed by atoms with Crippen LogP contribution < -0.4 is 5.73 Å². The number of aryl methyl sites for hydroxylation is 1. The van der Waals surface area contributed by atoms with Crippen LogP contribution in [0.4, 0.5) is 0 Å². The quantitative estimate of drug-likeness (QED) is 0.848. The van der Waals surface area contributed by atoms with E-state index < -0.39 is 0 Å². The lowest BCUT2D eigenvalue weighted by molar-refractivity contribution is 0.184. The Balaban J connectivity index is 3.05. The van der Waals surface area contributed by atoms with Gasteiger partial charge in [-0.3, -0.25) is 4.90 Å². The zero-order chi connectivity index (χ0) is 13.0. The molecule has 0 aliphatic carbocycles. The molecule has 0 fully saturated rings. The van der Waals surface area contributed by atoms with Crippen molar-refractivity contribution in [2.24, 2.45) is 5.73 Å². The molecule has 1 aromatic rings. The third kappa shape index (κ3) is 3.08. The van der Waals surface area contributed by atoms with E-state index in [0.29, 0.717) is 18.6 Å². The van der Waals surface area contributed by atoms with Gasteiger partial charge in [0.05, 0.1) is 0 Å². The largest absolute Gasteiger partial charge is 0.329 e. The predicted octanol–water partition coefficient (Wildman–Crippen LogP) is 3.03. The summed E-state index contributed by atoms with van der Waals surface area (Å²) in [7, 11) is 2.17. The SMILES string of the molecule is CCC(C)N(C)C(CN)c1cccc(C)c1C. The summed E-state index contributed by atoms with van der Waals surface area (Å²) in [5.41, 5.74) is 10.1. The third-order valence-electron chi connectivity index (χ3n) is 4.01. The summed E-state index contributed by atoms with van der Waals surface area (Å²) in [6, 6.07) is 7.38. The van der Waals surface area contributed by atoms with Crippen LogP contribution in [0.5, 0.6) is 0 Å². The van der Waals surface area contributed by atoms with Gasteiger partial charge in [-0.2, -0.15) is 0 Å². The number of likely N-dealkylation sites (N-methyl/N-ethyl adjacent to an activating group) is 1. The molecule has 0 saturated carbocycles. The van der Waals surface area contributed by atoms with Gasteiger partial charge in [-0.15, -0.1) is 0 Å². The molecule has 0 aromatic heterocycles. The Hall–Kier alpha value is -0.860. The molecular formula is C15H26N2. The van der Waals surface area contributed by atoms with E-state index in [-0.39, 0.29) is 0 Å². The normalized spacial score (nSPS) is 15.0. The van der Waals surface area contributed by atoms with Crippen LogP contribution in [-0.2, 0) is 0 Å². The molecule has 2 nitrogen and oxygen atoms in total. The first-order valence-electron chi connectivity index (χ1n) is 6.51. The number of hydrogen-bond donors (Lipinski definition) is 1. The second-order valence-corrected chi connectivity index (χ2v) is 4.96. The lowest BCUT2D eigenvalue weighted by Crippen LogP contribution is -2.37. The molecule has 1 aromatic carbocycles. The van der Waals surface area contributed by atoms with Crippen molar-refractivity contribution in [1.29, 1.82) is 0 Å². The molecule has 2 atom stereocenters. The number of nitrogens with zero attached hydrogens (tertiary/aromatic N) is 1. The van der Waals surface area contributed by atoms with Crippen molar-refractivity contribution < 1.29 is 0 Å². The summed E-state index contributed by atoms with van der Waals surface area (Å²) in [6.07, 6.45) is 1.15. The Morgan fingerprint density at radius 2 is 1.94 bits per heavy atom. The Morgan fingerprint density at radius 1 is 1.29 bits per heavy atom. The minimum absolute atomic E-state index is 0.324. The molecule has 1 rings (SSSR count). The molecule has 0 aliphatic rings. The van der Waals surface area contributed by atoms with Crippen LogP contribution in [0.15, 0.2) is 18.2 Å². The number of nitrogens with two attached hydrogens (primary N) is 1. The highest BCUT2D eigenvalue weighted by atomic mass is 15.2. The predicted molar refractivity (Wildman–Crippen MR) is 75.2 cm³/mol. The monoisotopic (exact) mass is 234 g/mol. The Morgan fingerprint density at radius 3 is 2.47 bits per heavy atom. The van der Waals surface area contributed by atoms with Gasteiger partial charge in [0.2, 0.25) is 0 Å². The summed E-state index contributed by atoms with van der Waals surface area (Å²) >= 11 is 0. The van der Waals surface area contributed by atoms with Crippen molar-refractivity contribution in [2.75, 3.05) is 13.6 Å². The van der Waals surface area contributed by atoms with E-state index in [0.717, 1.165) is 6.42 Å². The minimum Gasteiger partial charge on any atom is -0.329 e. The molecule has 2 N–H and O–H groups in total. The summed E-state index contributed by atoms with van der Waals surface area (Å²) < 4.78 is 0. The van der Waals surface area contributed by atoms with Crippen LogP contribution in [0.25, 0.3) is 0 Å². The van der Waals surface area contributed by atoms with E-state index in [2.05, 4.69) is 57.8 Å². The first-order valence-corrected chi connectivity index (χ1v) is 6.51.